The van der Waals surface area contributed by atoms with Gasteiger partial charge in [-0.25, -0.2) is 0 Å². The van der Waals surface area contributed by atoms with E-state index in [1.165, 1.54) is 0 Å². The van der Waals surface area contributed by atoms with Gasteiger partial charge in [-0.1, -0.05) is 0 Å². The lowest BCUT2D eigenvalue weighted by atomic mass is 10.2. The summed E-state index contributed by atoms with van der Waals surface area (Å²) in [5.41, 5.74) is 16.0. The van der Waals surface area contributed by atoms with E-state index in [4.69, 9.17) is 34.7 Å². The highest BCUT2D eigenvalue weighted by Crippen LogP contribution is 1.89. The van der Waals surface area contributed by atoms with Crippen molar-refractivity contribution >= 4 is 16.3 Å². The molecule has 11 heteroatoms. The standard InChI is InChI=1S/C4H11N5O.H2O4S/c5-1-2(6)8-4(7)9-3(1)10;1-5(2,3)4/h1-2,4,8H,5-7H2,(H,9,10);(H2,1,2,3,4). The molecule has 15 heavy (non-hydrogen) atoms. The molecule has 0 aliphatic carbocycles. The molecule has 1 heterocycles. The Labute approximate surface area is 85.7 Å². The van der Waals surface area contributed by atoms with Crippen molar-refractivity contribution in [2.45, 2.75) is 18.5 Å². The van der Waals surface area contributed by atoms with E-state index in [-0.39, 0.29) is 5.91 Å². The van der Waals surface area contributed by atoms with Crippen LogP contribution in [0.2, 0.25) is 0 Å². The van der Waals surface area contributed by atoms with Crippen LogP contribution in [0.1, 0.15) is 0 Å². The SMILES string of the molecule is NC1NC(=O)C(N)C(N)N1.O=S(=O)(O)O. The molecule has 10 nitrogen and oxygen atoms in total. The second-order valence-electron chi connectivity index (χ2n) is 2.65. The highest BCUT2D eigenvalue weighted by Gasteiger charge is 2.28. The van der Waals surface area contributed by atoms with Crippen LogP contribution in [0.15, 0.2) is 0 Å². The molecule has 3 unspecified atom stereocenters. The quantitative estimate of drug-likeness (QED) is 0.207. The molecule has 0 radical (unpaired) electrons. The summed E-state index contributed by atoms with van der Waals surface area (Å²) in [6.07, 6.45) is -1.13. The Morgan fingerprint density at radius 1 is 1.20 bits per heavy atom. The molecule has 1 amide bonds. The molecule has 0 spiro atoms. The van der Waals surface area contributed by atoms with Crippen molar-refractivity contribution in [1.29, 1.82) is 0 Å². The smallest absolute Gasteiger partial charge is 0.327 e. The Morgan fingerprint density at radius 3 is 1.93 bits per heavy atom. The van der Waals surface area contributed by atoms with Gasteiger partial charge in [0.15, 0.2) is 0 Å². The summed E-state index contributed by atoms with van der Waals surface area (Å²) in [6.45, 7) is 0. The number of nitrogens with one attached hydrogen (secondary N) is 2. The minimum atomic E-state index is -4.67. The Bertz CT molecular complexity index is 309. The van der Waals surface area contributed by atoms with Crippen molar-refractivity contribution in [3.05, 3.63) is 0 Å². The average Bonchev–Trinajstić information content (AvgIpc) is 1.96. The minimum Gasteiger partial charge on any atom is -0.327 e. The molecule has 0 aromatic heterocycles. The van der Waals surface area contributed by atoms with Crippen molar-refractivity contribution in [3.8, 4) is 0 Å². The number of carbonyl (C=O) groups excluding carboxylic acids is 1. The predicted molar refractivity (Wildman–Crippen MR) is 49.4 cm³/mol. The van der Waals surface area contributed by atoms with Crippen molar-refractivity contribution in [2.24, 2.45) is 17.2 Å². The van der Waals surface area contributed by atoms with Crippen LogP contribution < -0.4 is 27.8 Å². The van der Waals surface area contributed by atoms with Gasteiger partial charge in [0, 0.05) is 0 Å². The lowest BCUT2D eigenvalue weighted by molar-refractivity contribution is -0.125. The van der Waals surface area contributed by atoms with E-state index in [9.17, 15) is 4.79 Å². The molecule has 90 valence electrons. The lowest BCUT2D eigenvalue weighted by Gasteiger charge is -2.30. The van der Waals surface area contributed by atoms with Crippen LogP contribution in [-0.2, 0) is 15.2 Å². The van der Waals surface area contributed by atoms with E-state index in [0.29, 0.717) is 0 Å². The first-order chi connectivity index (χ1) is 6.61. The molecular formula is C4H13N5O5S. The third-order valence-corrected chi connectivity index (χ3v) is 1.36. The molecule has 0 aromatic carbocycles. The fourth-order valence-corrected chi connectivity index (χ4v) is 0.765. The molecule has 1 aliphatic rings. The molecule has 10 N–H and O–H groups in total. The molecule has 3 atom stereocenters. The second-order valence-corrected chi connectivity index (χ2v) is 3.55. The number of amides is 1. The van der Waals surface area contributed by atoms with Crippen molar-refractivity contribution in [3.63, 3.8) is 0 Å². The van der Waals surface area contributed by atoms with Crippen LogP contribution in [0.5, 0.6) is 0 Å². The van der Waals surface area contributed by atoms with Crippen LogP contribution in [0.3, 0.4) is 0 Å². The van der Waals surface area contributed by atoms with Crippen LogP contribution in [0, 0.1) is 0 Å². The number of hydrogen-bond acceptors (Lipinski definition) is 7. The highest BCUT2D eigenvalue weighted by molar-refractivity contribution is 7.79. The van der Waals surface area contributed by atoms with Gasteiger partial charge in [-0.3, -0.25) is 25.0 Å². The summed E-state index contributed by atoms with van der Waals surface area (Å²) in [6, 6.07) is -0.709. The Balaban J connectivity index is 0.000000336. The van der Waals surface area contributed by atoms with Crippen LogP contribution in [0.4, 0.5) is 0 Å². The van der Waals surface area contributed by atoms with Gasteiger partial charge < -0.3 is 16.8 Å². The average molecular weight is 243 g/mol. The lowest BCUT2D eigenvalue weighted by Crippen LogP contribution is -2.72. The number of hydrogen-bond donors (Lipinski definition) is 7. The molecule has 1 saturated heterocycles. The fourth-order valence-electron chi connectivity index (χ4n) is 0.765. The van der Waals surface area contributed by atoms with Crippen LogP contribution >= 0.6 is 0 Å². The maximum absolute atomic E-state index is 10.8. The van der Waals surface area contributed by atoms with E-state index in [1.54, 1.807) is 0 Å². The van der Waals surface area contributed by atoms with Crippen molar-refractivity contribution in [2.75, 3.05) is 0 Å². The summed E-state index contributed by atoms with van der Waals surface area (Å²) in [5, 5.41) is 5.04. The summed E-state index contributed by atoms with van der Waals surface area (Å²) in [5.74, 6) is -0.321. The number of carbonyl (C=O) groups is 1. The van der Waals surface area contributed by atoms with Gasteiger partial charge in [0.05, 0.1) is 6.17 Å². The van der Waals surface area contributed by atoms with E-state index in [0.717, 1.165) is 0 Å². The molecule has 1 rings (SSSR count). The first-order valence-electron chi connectivity index (χ1n) is 3.64. The van der Waals surface area contributed by atoms with Crippen molar-refractivity contribution < 1.29 is 22.3 Å². The molecule has 1 fully saturated rings. The Hall–Kier alpha value is -0.820. The zero-order valence-corrected chi connectivity index (χ0v) is 8.31. The second kappa shape index (κ2) is 5.32. The molecule has 0 saturated carbocycles. The first kappa shape index (κ1) is 14.2. The van der Waals surface area contributed by atoms with Gasteiger partial charge in [-0.05, 0) is 0 Å². The molecular weight excluding hydrogens is 230 g/mol. The van der Waals surface area contributed by atoms with E-state index < -0.39 is 28.9 Å². The number of rotatable bonds is 0. The first-order valence-corrected chi connectivity index (χ1v) is 5.04. The maximum atomic E-state index is 10.8. The summed E-state index contributed by atoms with van der Waals surface area (Å²) >= 11 is 0. The zero-order valence-electron chi connectivity index (χ0n) is 7.49. The highest BCUT2D eigenvalue weighted by atomic mass is 32.3. The third kappa shape index (κ3) is 7.15. The Kier molecular flexibility index (Phi) is 5.02. The van der Waals surface area contributed by atoms with Gasteiger partial charge >= 0.3 is 10.4 Å². The van der Waals surface area contributed by atoms with Gasteiger partial charge in [-0.2, -0.15) is 8.42 Å². The van der Waals surface area contributed by atoms with E-state index in [2.05, 4.69) is 10.6 Å². The molecule has 0 aromatic rings. The van der Waals surface area contributed by atoms with Crippen LogP contribution in [-0.4, -0.2) is 41.9 Å². The topological polar surface area (TPSA) is 194 Å². The maximum Gasteiger partial charge on any atom is 0.394 e. The number of nitrogens with two attached hydrogens (primary N) is 3. The van der Waals surface area contributed by atoms with Gasteiger partial charge in [-0.15, -0.1) is 0 Å². The predicted octanol–water partition coefficient (Wildman–Crippen LogP) is -4.09. The largest absolute Gasteiger partial charge is 0.394 e. The van der Waals surface area contributed by atoms with Gasteiger partial charge in [0.25, 0.3) is 0 Å². The fraction of sp³-hybridized carbons (Fsp3) is 0.750. The van der Waals surface area contributed by atoms with E-state index >= 15 is 0 Å². The van der Waals surface area contributed by atoms with E-state index in [1.807, 2.05) is 0 Å². The summed E-state index contributed by atoms with van der Waals surface area (Å²) < 4.78 is 31.6. The van der Waals surface area contributed by atoms with Crippen LogP contribution in [0.25, 0.3) is 0 Å². The normalized spacial score (nSPS) is 31.3. The molecule has 1 aliphatic heterocycles. The van der Waals surface area contributed by atoms with Gasteiger partial charge in [0.2, 0.25) is 5.91 Å². The minimum absolute atomic E-state index is 0.321. The Morgan fingerprint density at radius 2 is 1.60 bits per heavy atom. The molecule has 0 bridgehead atoms. The third-order valence-electron chi connectivity index (χ3n) is 1.36. The summed E-state index contributed by atoms with van der Waals surface area (Å²) in [4.78, 5) is 10.8. The summed E-state index contributed by atoms with van der Waals surface area (Å²) in [7, 11) is -4.67. The van der Waals surface area contributed by atoms with Crippen molar-refractivity contribution in [1.82, 2.24) is 10.6 Å². The zero-order chi connectivity index (χ0) is 12.2. The monoisotopic (exact) mass is 243 g/mol. The van der Waals surface area contributed by atoms with Gasteiger partial charge in [0.1, 0.15) is 12.3 Å².